The van der Waals surface area contributed by atoms with Crippen LogP contribution < -0.4 is 0 Å². The molecule has 26 heavy (non-hydrogen) atoms. The van der Waals surface area contributed by atoms with Gasteiger partial charge in [0.1, 0.15) is 0 Å². The zero-order valence-electron chi connectivity index (χ0n) is 14.1. The molecule has 0 aliphatic rings. The van der Waals surface area contributed by atoms with Crippen LogP contribution in [0.3, 0.4) is 0 Å². The predicted octanol–water partition coefficient (Wildman–Crippen LogP) is 2.75. The van der Waals surface area contributed by atoms with Crippen molar-refractivity contribution in [2.75, 3.05) is 20.3 Å². The van der Waals surface area contributed by atoms with E-state index < -0.39 is 12.1 Å². The number of ether oxygens (including phenoxy) is 1. The smallest absolute Gasteiger partial charge is 0.383 e. The molecule has 0 aliphatic carbocycles. The maximum Gasteiger partial charge on any atom is 0.471 e. The van der Waals surface area contributed by atoms with Crippen molar-refractivity contribution in [3.63, 3.8) is 0 Å². The third-order valence-electron chi connectivity index (χ3n) is 3.34. The van der Waals surface area contributed by atoms with Crippen molar-refractivity contribution in [2.24, 2.45) is 0 Å². The molecule has 0 atom stereocenters. The largest absolute Gasteiger partial charge is 0.471 e. The Kier molecular flexibility index (Phi) is 6.36. The van der Waals surface area contributed by atoms with Crippen LogP contribution in [0.4, 0.5) is 13.2 Å². The van der Waals surface area contributed by atoms with Gasteiger partial charge >= 0.3 is 12.1 Å². The first kappa shape index (κ1) is 19.5. The van der Waals surface area contributed by atoms with Crippen LogP contribution in [0, 0.1) is 11.8 Å². The summed E-state index contributed by atoms with van der Waals surface area (Å²) in [5.41, 5.74) is 1.15. The molecule has 0 radical (unpaired) electrons. The van der Waals surface area contributed by atoms with E-state index in [1.807, 2.05) is 0 Å². The van der Waals surface area contributed by atoms with Gasteiger partial charge in [0.25, 0.3) is 5.91 Å². The van der Waals surface area contributed by atoms with Gasteiger partial charge in [0.15, 0.2) is 0 Å². The van der Waals surface area contributed by atoms with E-state index in [1.165, 1.54) is 12.0 Å². The summed E-state index contributed by atoms with van der Waals surface area (Å²) >= 11 is 0. The highest BCUT2D eigenvalue weighted by Gasteiger charge is 2.38. The molecular formula is C17H16F3N3O3. The highest BCUT2D eigenvalue weighted by molar-refractivity contribution is 5.93. The molecule has 1 amide bonds. The highest BCUT2D eigenvalue weighted by Crippen LogP contribution is 2.29. The van der Waals surface area contributed by atoms with Gasteiger partial charge in [0.2, 0.25) is 5.82 Å². The second-order valence-electron chi connectivity index (χ2n) is 5.21. The fourth-order valence-electron chi connectivity index (χ4n) is 2.08. The molecule has 1 heterocycles. The second kappa shape index (κ2) is 8.49. The Morgan fingerprint density at radius 1 is 1.31 bits per heavy atom. The van der Waals surface area contributed by atoms with Crippen molar-refractivity contribution < 1.29 is 27.2 Å². The lowest BCUT2D eigenvalue weighted by Gasteiger charge is -2.20. The summed E-state index contributed by atoms with van der Waals surface area (Å²) in [7, 11) is 1.53. The third-order valence-corrected chi connectivity index (χ3v) is 3.34. The van der Waals surface area contributed by atoms with Crippen molar-refractivity contribution in [2.45, 2.75) is 19.6 Å². The number of hydrogen-bond acceptors (Lipinski definition) is 5. The Bertz CT molecular complexity index is 804. The van der Waals surface area contributed by atoms with Gasteiger partial charge in [-0.1, -0.05) is 35.3 Å². The average Bonchev–Trinajstić information content (AvgIpc) is 3.10. The zero-order chi connectivity index (χ0) is 19.2. The Balaban J connectivity index is 2.13. The minimum atomic E-state index is -4.69. The standard InChI is InChI=1S/C17H16F3N3O3/c1-3-4-14(24)23(9-10-25-2)11-12-5-7-13(8-6-12)15-21-16(26-22-15)17(18,19)20/h5-8H,9-11H2,1-2H3. The molecule has 0 unspecified atom stereocenters. The summed E-state index contributed by atoms with van der Waals surface area (Å²) in [4.78, 5) is 16.8. The van der Waals surface area contributed by atoms with Crippen LogP contribution in [0.1, 0.15) is 18.4 Å². The van der Waals surface area contributed by atoms with E-state index in [4.69, 9.17) is 4.74 Å². The summed E-state index contributed by atoms with van der Waals surface area (Å²) < 4.78 is 46.7. The molecule has 6 nitrogen and oxygen atoms in total. The number of amides is 1. The minimum absolute atomic E-state index is 0.159. The Labute approximate surface area is 147 Å². The maximum atomic E-state index is 12.5. The molecule has 138 valence electrons. The van der Waals surface area contributed by atoms with Crippen LogP contribution in [0.2, 0.25) is 0 Å². The van der Waals surface area contributed by atoms with Gasteiger partial charge in [0.05, 0.1) is 6.61 Å². The molecule has 0 N–H and O–H groups in total. The lowest BCUT2D eigenvalue weighted by Crippen LogP contribution is -2.32. The number of carbonyl (C=O) groups is 1. The van der Waals surface area contributed by atoms with E-state index >= 15 is 0 Å². The van der Waals surface area contributed by atoms with Crippen molar-refractivity contribution in [1.29, 1.82) is 0 Å². The second-order valence-corrected chi connectivity index (χ2v) is 5.21. The third kappa shape index (κ3) is 5.07. The molecule has 2 aromatic rings. The van der Waals surface area contributed by atoms with Crippen molar-refractivity contribution in [3.05, 3.63) is 35.7 Å². The Morgan fingerprint density at radius 3 is 2.54 bits per heavy atom. The first-order valence-corrected chi connectivity index (χ1v) is 7.56. The Hall–Kier alpha value is -2.86. The van der Waals surface area contributed by atoms with Crippen LogP contribution in [0.5, 0.6) is 0 Å². The number of halogens is 3. The number of carbonyl (C=O) groups excluding carboxylic acids is 1. The fraction of sp³-hybridized carbons (Fsp3) is 0.353. The quantitative estimate of drug-likeness (QED) is 0.735. The summed E-state index contributed by atoms with van der Waals surface area (Å²) in [5.74, 6) is 3.14. The monoisotopic (exact) mass is 367 g/mol. The van der Waals surface area contributed by atoms with Gasteiger partial charge in [-0.05, 0) is 18.4 Å². The summed E-state index contributed by atoms with van der Waals surface area (Å²) in [6, 6.07) is 6.46. The molecule has 0 bridgehead atoms. The number of methoxy groups -OCH3 is 1. The van der Waals surface area contributed by atoms with Gasteiger partial charge in [-0.3, -0.25) is 4.79 Å². The molecule has 0 saturated carbocycles. The first-order chi connectivity index (χ1) is 12.3. The van der Waals surface area contributed by atoms with Crippen molar-refractivity contribution >= 4 is 5.91 Å². The first-order valence-electron chi connectivity index (χ1n) is 7.56. The van der Waals surface area contributed by atoms with E-state index in [9.17, 15) is 18.0 Å². The van der Waals surface area contributed by atoms with Crippen LogP contribution >= 0.6 is 0 Å². The SMILES string of the molecule is CC#CC(=O)N(CCOC)Cc1ccc(-c2noc(C(F)(F)F)n2)cc1. The van der Waals surface area contributed by atoms with Gasteiger partial charge in [-0.2, -0.15) is 18.2 Å². The minimum Gasteiger partial charge on any atom is -0.383 e. The number of nitrogens with zero attached hydrogens (tertiary/aromatic N) is 3. The van der Waals surface area contributed by atoms with Gasteiger partial charge in [-0.25, -0.2) is 0 Å². The number of benzene rings is 1. The zero-order valence-corrected chi connectivity index (χ0v) is 14.1. The summed E-state index contributed by atoms with van der Waals surface area (Å²) in [6.07, 6.45) is -4.69. The van der Waals surface area contributed by atoms with Crippen LogP contribution in [-0.2, 0) is 22.3 Å². The van der Waals surface area contributed by atoms with E-state index in [2.05, 4.69) is 26.5 Å². The topological polar surface area (TPSA) is 68.5 Å². The molecule has 1 aromatic carbocycles. The van der Waals surface area contributed by atoms with Gasteiger partial charge < -0.3 is 14.2 Å². The van der Waals surface area contributed by atoms with E-state index in [-0.39, 0.29) is 18.3 Å². The predicted molar refractivity (Wildman–Crippen MR) is 85.5 cm³/mol. The Morgan fingerprint density at radius 2 is 2.00 bits per heavy atom. The molecule has 0 fully saturated rings. The molecule has 0 saturated heterocycles. The van der Waals surface area contributed by atoms with E-state index in [0.29, 0.717) is 18.7 Å². The molecular weight excluding hydrogens is 351 g/mol. The van der Waals surface area contributed by atoms with Gasteiger partial charge in [0, 0.05) is 25.8 Å². The summed E-state index contributed by atoms with van der Waals surface area (Å²) in [6.45, 7) is 2.59. The molecule has 9 heteroatoms. The number of hydrogen-bond donors (Lipinski definition) is 0. The van der Waals surface area contributed by atoms with Crippen molar-refractivity contribution in [1.82, 2.24) is 15.0 Å². The van der Waals surface area contributed by atoms with Crippen LogP contribution in [0.25, 0.3) is 11.4 Å². The number of rotatable bonds is 6. The number of aromatic nitrogens is 2. The summed E-state index contributed by atoms with van der Waals surface area (Å²) in [5, 5.41) is 3.33. The highest BCUT2D eigenvalue weighted by atomic mass is 19.4. The maximum absolute atomic E-state index is 12.5. The van der Waals surface area contributed by atoms with Crippen molar-refractivity contribution in [3.8, 4) is 23.2 Å². The lowest BCUT2D eigenvalue weighted by molar-refractivity contribution is -0.159. The van der Waals surface area contributed by atoms with Crippen LogP contribution in [0.15, 0.2) is 28.8 Å². The molecule has 0 spiro atoms. The molecule has 0 aliphatic heterocycles. The van der Waals surface area contributed by atoms with E-state index in [0.717, 1.165) is 5.56 Å². The lowest BCUT2D eigenvalue weighted by atomic mass is 10.1. The van der Waals surface area contributed by atoms with Gasteiger partial charge in [-0.15, -0.1) is 0 Å². The fourth-order valence-corrected chi connectivity index (χ4v) is 2.08. The normalized spacial score (nSPS) is 11.0. The van der Waals surface area contributed by atoms with E-state index in [1.54, 1.807) is 31.2 Å². The van der Waals surface area contributed by atoms with Crippen LogP contribution in [-0.4, -0.2) is 41.2 Å². The molecule has 2 rings (SSSR count). The number of alkyl halides is 3. The average molecular weight is 367 g/mol. The molecule has 1 aromatic heterocycles.